The summed E-state index contributed by atoms with van der Waals surface area (Å²) in [4.78, 5) is 2.60. The van der Waals surface area contributed by atoms with Crippen LogP contribution in [0.25, 0.3) is 0 Å². The summed E-state index contributed by atoms with van der Waals surface area (Å²) in [6.07, 6.45) is 2.39. The van der Waals surface area contributed by atoms with Gasteiger partial charge in [-0.05, 0) is 40.5 Å². The summed E-state index contributed by atoms with van der Waals surface area (Å²) in [5, 5.41) is 3.75. The normalized spacial score (nSPS) is 25.3. The van der Waals surface area contributed by atoms with Gasteiger partial charge < -0.3 is 10.1 Å². The van der Waals surface area contributed by atoms with E-state index in [0.29, 0.717) is 11.6 Å². The summed E-state index contributed by atoms with van der Waals surface area (Å²) in [5.41, 5.74) is 0.252. The molecule has 1 saturated heterocycles. The molecular weight excluding hydrogens is 224 g/mol. The lowest BCUT2D eigenvalue weighted by molar-refractivity contribution is -0.0545. The van der Waals surface area contributed by atoms with E-state index in [4.69, 9.17) is 4.74 Å². The van der Waals surface area contributed by atoms with Crippen molar-refractivity contribution in [2.24, 2.45) is 0 Å². The highest BCUT2D eigenvalue weighted by atomic mass is 16.5. The number of ether oxygens (including phenoxy) is 1. The van der Waals surface area contributed by atoms with E-state index in [1.165, 1.54) is 12.8 Å². The number of nitrogens with zero attached hydrogens (tertiary/aromatic N) is 1. The Morgan fingerprint density at radius 1 is 1.28 bits per heavy atom. The zero-order valence-electron chi connectivity index (χ0n) is 13.2. The van der Waals surface area contributed by atoms with E-state index in [0.717, 1.165) is 26.2 Å². The summed E-state index contributed by atoms with van der Waals surface area (Å²) < 4.78 is 5.85. The van der Waals surface area contributed by atoms with Gasteiger partial charge in [-0.15, -0.1) is 0 Å². The van der Waals surface area contributed by atoms with Crippen LogP contribution in [-0.2, 0) is 4.74 Å². The maximum atomic E-state index is 5.85. The quantitative estimate of drug-likeness (QED) is 0.791. The fourth-order valence-electron chi connectivity index (χ4n) is 2.95. The molecule has 0 aromatic carbocycles. The largest absolute Gasteiger partial charge is 0.375 e. The fraction of sp³-hybridized carbons (Fsp3) is 1.00. The Bertz CT molecular complexity index is 249. The molecule has 0 bridgehead atoms. The molecule has 1 rings (SSSR count). The molecule has 1 aliphatic rings. The second-order valence-electron chi connectivity index (χ2n) is 6.32. The molecule has 1 unspecified atom stereocenters. The minimum absolute atomic E-state index is 0.0480. The van der Waals surface area contributed by atoms with Gasteiger partial charge in [0, 0.05) is 37.8 Å². The van der Waals surface area contributed by atoms with Crippen LogP contribution in [0.2, 0.25) is 0 Å². The van der Waals surface area contributed by atoms with Crippen LogP contribution in [0.4, 0.5) is 0 Å². The van der Waals surface area contributed by atoms with Crippen molar-refractivity contribution < 1.29 is 4.74 Å². The van der Waals surface area contributed by atoms with Crippen molar-refractivity contribution in [3.05, 3.63) is 0 Å². The second-order valence-corrected chi connectivity index (χ2v) is 6.32. The van der Waals surface area contributed by atoms with Gasteiger partial charge in [0.25, 0.3) is 0 Å². The molecule has 1 atom stereocenters. The first kappa shape index (κ1) is 15.9. The van der Waals surface area contributed by atoms with Crippen LogP contribution >= 0.6 is 0 Å². The van der Waals surface area contributed by atoms with Crippen LogP contribution < -0.4 is 5.32 Å². The maximum absolute atomic E-state index is 5.85. The van der Waals surface area contributed by atoms with E-state index in [1.807, 2.05) is 0 Å². The van der Waals surface area contributed by atoms with Crippen molar-refractivity contribution in [1.29, 1.82) is 0 Å². The van der Waals surface area contributed by atoms with Gasteiger partial charge in [-0.2, -0.15) is 0 Å². The Kier molecular flexibility index (Phi) is 5.63. The van der Waals surface area contributed by atoms with Crippen molar-refractivity contribution >= 4 is 0 Å². The van der Waals surface area contributed by atoms with E-state index in [2.05, 4.69) is 51.8 Å². The molecule has 108 valence electrons. The Morgan fingerprint density at radius 2 is 1.89 bits per heavy atom. The smallest absolute Gasteiger partial charge is 0.0752 e. The van der Waals surface area contributed by atoms with Gasteiger partial charge >= 0.3 is 0 Å². The van der Waals surface area contributed by atoms with Crippen LogP contribution in [0.5, 0.6) is 0 Å². The monoisotopic (exact) mass is 256 g/mol. The lowest BCUT2D eigenvalue weighted by Crippen LogP contribution is -2.64. The fourth-order valence-corrected chi connectivity index (χ4v) is 2.95. The first-order valence-corrected chi connectivity index (χ1v) is 7.51. The third kappa shape index (κ3) is 3.94. The second kappa shape index (κ2) is 6.36. The lowest BCUT2D eigenvalue weighted by atomic mass is 9.88. The van der Waals surface area contributed by atoms with E-state index >= 15 is 0 Å². The van der Waals surface area contributed by atoms with Crippen LogP contribution in [0.3, 0.4) is 0 Å². The predicted octanol–water partition coefficient (Wildman–Crippen LogP) is 2.65. The number of hydrogen-bond donors (Lipinski definition) is 1. The number of rotatable bonds is 6. The molecule has 1 aliphatic heterocycles. The predicted molar refractivity (Wildman–Crippen MR) is 78.1 cm³/mol. The van der Waals surface area contributed by atoms with Crippen molar-refractivity contribution in [3.63, 3.8) is 0 Å². The molecule has 1 N–H and O–H groups in total. The molecule has 0 spiro atoms. The maximum Gasteiger partial charge on any atom is 0.0752 e. The number of nitrogens with one attached hydrogen (secondary N) is 1. The Hall–Kier alpha value is -0.120. The van der Waals surface area contributed by atoms with Crippen LogP contribution in [0.15, 0.2) is 0 Å². The minimum atomic E-state index is -0.0480. The van der Waals surface area contributed by atoms with Crippen molar-refractivity contribution in [1.82, 2.24) is 10.2 Å². The molecule has 1 fully saturated rings. The summed E-state index contributed by atoms with van der Waals surface area (Å²) in [6.45, 7) is 17.4. The van der Waals surface area contributed by atoms with Gasteiger partial charge in [-0.25, -0.2) is 0 Å². The summed E-state index contributed by atoms with van der Waals surface area (Å²) in [5.74, 6) is 0. The highest BCUT2D eigenvalue weighted by Gasteiger charge is 2.37. The zero-order valence-corrected chi connectivity index (χ0v) is 13.2. The summed E-state index contributed by atoms with van der Waals surface area (Å²) in [6, 6.07) is 0.593. The highest BCUT2D eigenvalue weighted by Crippen LogP contribution is 2.24. The SMILES string of the molecule is CCOC(C)(C)CN1CC(CC)(CC)NCC1C. The van der Waals surface area contributed by atoms with E-state index in [9.17, 15) is 0 Å². The van der Waals surface area contributed by atoms with Crippen molar-refractivity contribution in [3.8, 4) is 0 Å². The third-order valence-electron chi connectivity index (χ3n) is 4.37. The number of piperazine rings is 1. The van der Waals surface area contributed by atoms with E-state index in [-0.39, 0.29) is 5.60 Å². The summed E-state index contributed by atoms with van der Waals surface area (Å²) >= 11 is 0. The van der Waals surface area contributed by atoms with Crippen LogP contribution in [0.1, 0.15) is 54.4 Å². The van der Waals surface area contributed by atoms with Crippen LogP contribution in [-0.4, -0.2) is 48.3 Å². The molecule has 18 heavy (non-hydrogen) atoms. The van der Waals surface area contributed by atoms with Gasteiger partial charge in [0.1, 0.15) is 0 Å². The highest BCUT2D eigenvalue weighted by molar-refractivity contribution is 4.96. The molecule has 3 nitrogen and oxygen atoms in total. The molecule has 3 heteroatoms. The molecule has 0 aromatic heterocycles. The average molecular weight is 256 g/mol. The van der Waals surface area contributed by atoms with Crippen molar-refractivity contribution in [2.75, 3.05) is 26.2 Å². The molecule has 0 amide bonds. The molecule has 0 aromatic rings. The van der Waals surface area contributed by atoms with Gasteiger partial charge in [-0.3, -0.25) is 4.90 Å². The number of hydrogen-bond acceptors (Lipinski definition) is 3. The first-order valence-electron chi connectivity index (χ1n) is 7.51. The Balaban J connectivity index is 2.68. The van der Waals surface area contributed by atoms with Gasteiger partial charge in [-0.1, -0.05) is 13.8 Å². The first-order chi connectivity index (χ1) is 8.38. The lowest BCUT2D eigenvalue weighted by Gasteiger charge is -2.48. The third-order valence-corrected chi connectivity index (χ3v) is 4.37. The Morgan fingerprint density at radius 3 is 2.39 bits per heavy atom. The Labute approximate surface area is 113 Å². The van der Waals surface area contributed by atoms with Gasteiger partial charge in [0.15, 0.2) is 0 Å². The van der Waals surface area contributed by atoms with Gasteiger partial charge in [0.2, 0.25) is 0 Å². The minimum Gasteiger partial charge on any atom is -0.375 e. The standard InChI is InChI=1S/C15H32N2O/c1-7-15(8-2)12-17(13(4)10-16-15)11-14(5,6)18-9-3/h13,16H,7-12H2,1-6H3. The average Bonchev–Trinajstić information content (AvgIpc) is 2.32. The summed E-state index contributed by atoms with van der Waals surface area (Å²) in [7, 11) is 0. The molecule has 0 aliphatic carbocycles. The zero-order chi connectivity index (χ0) is 13.8. The topological polar surface area (TPSA) is 24.5 Å². The van der Waals surface area contributed by atoms with E-state index in [1.54, 1.807) is 0 Å². The van der Waals surface area contributed by atoms with E-state index < -0.39 is 0 Å². The van der Waals surface area contributed by atoms with Gasteiger partial charge in [0.05, 0.1) is 5.60 Å². The molecule has 0 saturated carbocycles. The molecule has 1 heterocycles. The molecular formula is C15H32N2O. The van der Waals surface area contributed by atoms with Crippen LogP contribution in [0, 0.1) is 0 Å². The van der Waals surface area contributed by atoms with Crippen molar-refractivity contribution in [2.45, 2.75) is 71.6 Å². The molecule has 0 radical (unpaired) electrons.